The molecule has 0 aliphatic carbocycles. The molecule has 3 aromatic rings. The van der Waals surface area contributed by atoms with Crippen molar-refractivity contribution in [2.45, 2.75) is 12.1 Å². The normalized spacial score (nSPS) is 15.9. The van der Waals surface area contributed by atoms with Crippen LogP contribution in [0.2, 0.25) is 0 Å². The second-order valence-electron chi connectivity index (χ2n) is 8.64. The molecule has 1 aliphatic rings. The Balaban J connectivity index is 0.00000441. The van der Waals surface area contributed by atoms with Crippen LogP contribution in [0, 0.1) is 0 Å². The van der Waals surface area contributed by atoms with Crippen molar-refractivity contribution in [2.24, 2.45) is 0 Å². The molecule has 0 unspecified atom stereocenters. The molecular weight excluding hydrogens is 548 g/mol. The molecule has 1 amide bonds. The van der Waals surface area contributed by atoms with E-state index in [9.17, 15) is 39.6 Å². The zero-order valence-electron chi connectivity index (χ0n) is 20.9. The van der Waals surface area contributed by atoms with Crippen LogP contribution in [0.1, 0.15) is 47.0 Å². The Labute approximate surface area is 233 Å². The Morgan fingerprint density at radius 3 is 2.10 bits per heavy atom. The van der Waals surface area contributed by atoms with Crippen molar-refractivity contribution >= 4 is 36.0 Å². The Morgan fingerprint density at radius 1 is 0.825 bits per heavy atom. The fraction of sp³-hybridized carbons (Fsp3) is 0.185. The molecule has 0 spiro atoms. The molecule has 0 radical (unpaired) electrons. The Morgan fingerprint density at radius 2 is 1.48 bits per heavy atom. The Kier molecular flexibility index (Phi) is 9.19. The highest BCUT2D eigenvalue weighted by Gasteiger charge is 2.33. The molecular formula is C27H25ClN2O10. The molecule has 1 saturated heterocycles. The third-order valence-corrected chi connectivity index (χ3v) is 6.10. The molecule has 1 fully saturated rings. The number of amides is 1. The monoisotopic (exact) mass is 572 g/mol. The van der Waals surface area contributed by atoms with Crippen molar-refractivity contribution in [1.82, 2.24) is 10.6 Å². The predicted octanol–water partition coefficient (Wildman–Crippen LogP) is 1.88. The number of rotatable bonds is 7. The Bertz CT molecular complexity index is 1440. The molecule has 3 aromatic carbocycles. The third-order valence-electron chi connectivity index (χ3n) is 6.10. The van der Waals surface area contributed by atoms with Crippen LogP contribution in [0.15, 0.2) is 54.6 Å². The first-order valence-corrected chi connectivity index (χ1v) is 11.6. The summed E-state index contributed by atoms with van der Waals surface area (Å²) in [7, 11) is 1.08. The number of aromatic hydroxyl groups is 4. The van der Waals surface area contributed by atoms with Crippen LogP contribution in [0.5, 0.6) is 23.0 Å². The topological polar surface area (TPSA) is 192 Å². The van der Waals surface area contributed by atoms with Crippen LogP contribution in [-0.2, 0) is 9.47 Å². The SMILES string of the molecule is COC(=O)c1cccc(O)c1C(=O)c1c(O)cc(C(=O)O[C@H]2CNC[C@@H]2NC(=O)c2ccc(O)cc2)cc1O.Cl. The molecule has 12 nitrogen and oxygen atoms in total. The number of hydrogen-bond acceptors (Lipinski definition) is 11. The molecule has 4 rings (SSSR count). The minimum absolute atomic E-state index is 0. The van der Waals surface area contributed by atoms with E-state index in [1.54, 1.807) is 0 Å². The zero-order valence-corrected chi connectivity index (χ0v) is 21.7. The van der Waals surface area contributed by atoms with E-state index in [0.29, 0.717) is 12.1 Å². The van der Waals surface area contributed by atoms with Crippen LogP contribution in [0.3, 0.4) is 0 Å². The van der Waals surface area contributed by atoms with E-state index in [4.69, 9.17) is 4.74 Å². The van der Waals surface area contributed by atoms with Gasteiger partial charge in [0.2, 0.25) is 5.78 Å². The number of carbonyl (C=O) groups excluding carboxylic acids is 4. The van der Waals surface area contributed by atoms with Gasteiger partial charge in [0.05, 0.1) is 29.8 Å². The first kappa shape index (κ1) is 29.7. The fourth-order valence-electron chi connectivity index (χ4n) is 4.14. The van der Waals surface area contributed by atoms with Crippen LogP contribution in [0.4, 0.5) is 0 Å². The summed E-state index contributed by atoms with van der Waals surface area (Å²) in [6, 6.07) is 10.5. The number of ether oxygens (including phenoxy) is 2. The highest BCUT2D eigenvalue weighted by atomic mass is 35.5. The maximum absolute atomic E-state index is 13.1. The largest absolute Gasteiger partial charge is 0.508 e. The quantitative estimate of drug-likeness (QED) is 0.179. The number of hydrogen-bond donors (Lipinski definition) is 6. The predicted molar refractivity (Wildman–Crippen MR) is 141 cm³/mol. The van der Waals surface area contributed by atoms with E-state index in [1.807, 2.05) is 0 Å². The molecule has 0 aromatic heterocycles. The summed E-state index contributed by atoms with van der Waals surface area (Å²) in [6.45, 7) is 0.513. The first-order chi connectivity index (χ1) is 18.6. The second-order valence-corrected chi connectivity index (χ2v) is 8.64. The summed E-state index contributed by atoms with van der Waals surface area (Å²) in [6.07, 6.45) is -0.798. The lowest BCUT2D eigenvalue weighted by molar-refractivity contribution is 0.0282. The average Bonchev–Trinajstić information content (AvgIpc) is 3.33. The molecule has 210 valence electrons. The van der Waals surface area contributed by atoms with Gasteiger partial charge in [-0.25, -0.2) is 9.59 Å². The smallest absolute Gasteiger partial charge is 0.338 e. The van der Waals surface area contributed by atoms with Gasteiger partial charge < -0.3 is 40.5 Å². The molecule has 1 heterocycles. The highest BCUT2D eigenvalue weighted by Crippen LogP contribution is 2.35. The van der Waals surface area contributed by atoms with Crippen LogP contribution >= 0.6 is 12.4 Å². The van der Waals surface area contributed by atoms with Gasteiger partial charge in [0.25, 0.3) is 5.91 Å². The fourth-order valence-corrected chi connectivity index (χ4v) is 4.14. The third kappa shape index (κ3) is 6.08. The lowest BCUT2D eigenvalue weighted by Gasteiger charge is -2.21. The number of methoxy groups -OCH3 is 1. The number of phenols is 4. The van der Waals surface area contributed by atoms with Crippen LogP contribution in [-0.4, -0.2) is 76.4 Å². The van der Waals surface area contributed by atoms with Gasteiger partial charge in [-0.1, -0.05) is 6.07 Å². The van der Waals surface area contributed by atoms with Crippen molar-refractivity contribution in [3.63, 3.8) is 0 Å². The van der Waals surface area contributed by atoms with Gasteiger partial charge in [-0.3, -0.25) is 9.59 Å². The lowest BCUT2D eigenvalue weighted by atomic mass is 9.95. The van der Waals surface area contributed by atoms with Crippen LogP contribution < -0.4 is 10.6 Å². The summed E-state index contributed by atoms with van der Waals surface area (Å²) in [4.78, 5) is 50.6. The summed E-state index contributed by atoms with van der Waals surface area (Å²) in [5, 5.41) is 46.4. The van der Waals surface area contributed by atoms with E-state index in [0.717, 1.165) is 25.3 Å². The highest BCUT2D eigenvalue weighted by molar-refractivity contribution is 6.18. The lowest BCUT2D eigenvalue weighted by Crippen LogP contribution is -2.44. The van der Waals surface area contributed by atoms with Crippen molar-refractivity contribution in [3.8, 4) is 23.0 Å². The van der Waals surface area contributed by atoms with Crippen molar-refractivity contribution in [3.05, 3.63) is 82.4 Å². The molecule has 2 atom stereocenters. The average molecular weight is 573 g/mol. The summed E-state index contributed by atoms with van der Waals surface area (Å²) < 4.78 is 10.1. The second kappa shape index (κ2) is 12.4. The number of esters is 2. The van der Waals surface area contributed by atoms with Gasteiger partial charge in [0.1, 0.15) is 34.7 Å². The van der Waals surface area contributed by atoms with Gasteiger partial charge in [-0.2, -0.15) is 0 Å². The van der Waals surface area contributed by atoms with Gasteiger partial charge in [0.15, 0.2) is 0 Å². The van der Waals surface area contributed by atoms with Gasteiger partial charge >= 0.3 is 11.9 Å². The molecule has 40 heavy (non-hydrogen) atoms. The van der Waals surface area contributed by atoms with Crippen molar-refractivity contribution < 1.29 is 49.1 Å². The number of benzene rings is 3. The molecule has 1 aliphatic heterocycles. The number of carbonyl (C=O) groups is 4. The van der Waals surface area contributed by atoms with E-state index < -0.39 is 64.2 Å². The summed E-state index contributed by atoms with van der Waals surface area (Å²) in [5.74, 6) is -5.58. The molecule has 6 N–H and O–H groups in total. The maximum Gasteiger partial charge on any atom is 0.338 e. The van der Waals surface area contributed by atoms with E-state index in [1.165, 1.54) is 36.4 Å². The van der Waals surface area contributed by atoms with Gasteiger partial charge in [0, 0.05) is 18.7 Å². The van der Waals surface area contributed by atoms with Crippen molar-refractivity contribution in [2.75, 3.05) is 20.2 Å². The van der Waals surface area contributed by atoms with E-state index in [-0.39, 0.29) is 35.8 Å². The molecule has 0 saturated carbocycles. The number of nitrogens with one attached hydrogen (secondary N) is 2. The zero-order chi connectivity index (χ0) is 28.3. The minimum atomic E-state index is -1.08. The molecule has 0 bridgehead atoms. The number of ketones is 1. The number of halogens is 1. The first-order valence-electron chi connectivity index (χ1n) is 11.6. The maximum atomic E-state index is 13.1. The Hall–Kier alpha value is -4.81. The van der Waals surface area contributed by atoms with Gasteiger partial charge in [-0.15, -0.1) is 12.4 Å². The minimum Gasteiger partial charge on any atom is -0.508 e. The van der Waals surface area contributed by atoms with Crippen molar-refractivity contribution in [1.29, 1.82) is 0 Å². The van der Waals surface area contributed by atoms with E-state index in [2.05, 4.69) is 15.4 Å². The standard InChI is InChI=1S/C27H24N2O10.ClH/c1-38-27(37)16-3-2-4-18(31)22(16)24(34)23-19(32)9-14(10-20(23)33)26(36)39-21-12-28-11-17(21)29-25(35)13-5-7-15(30)8-6-13;/h2-10,17,21,28,30-33H,11-12H2,1H3,(H,29,35);1H/t17-,21-;/m0./s1. The van der Waals surface area contributed by atoms with E-state index >= 15 is 0 Å². The summed E-state index contributed by atoms with van der Waals surface area (Å²) >= 11 is 0. The summed E-state index contributed by atoms with van der Waals surface area (Å²) in [5.41, 5.74) is -1.45. The number of phenolic OH excluding ortho intramolecular Hbond substituents is 4. The van der Waals surface area contributed by atoms with Gasteiger partial charge in [-0.05, 0) is 48.5 Å². The van der Waals surface area contributed by atoms with Crippen LogP contribution in [0.25, 0.3) is 0 Å². The molecule has 13 heteroatoms.